The van der Waals surface area contributed by atoms with Crippen LogP contribution in [0.1, 0.15) is 11.1 Å². The van der Waals surface area contributed by atoms with Crippen molar-refractivity contribution >= 4 is 17.7 Å². The number of nitrogens with zero attached hydrogens (tertiary/aromatic N) is 1. The second-order valence-corrected chi connectivity index (χ2v) is 5.58. The molecule has 0 unspecified atom stereocenters. The number of nitrogens with two attached hydrogens (primary N) is 2. The van der Waals surface area contributed by atoms with Gasteiger partial charge in [0.2, 0.25) is 0 Å². The molecule has 0 spiro atoms. The monoisotopic (exact) mass is 320 g/mol. The van der Waals surface area contributed by atoms with Crippen LogP contribution in [0.4, 0.5) is 15.9 Å². The van der Waals surface area contributed by atoms with E-state index in [9.17, 15) is 4.39 Å². The van der Waals surface area contributed by atoms with Gasteiger partial charge in [-0.15, -0.1) is 0 Å². The summed E-state index contributed by atoms with van der Waals surface area (Å²) in [4.78, 5) is 4.44. The van der Waals surface area contributed by atoms with E-state index in [-0.39, 0.29) is 5.82 Å². The number of pyridine rings is 1. The van der Waals surface area contributed by atoms with Crippen molar-refractivity contribution in [2.75, 3.05) is 11.5 Å². The lowest BCUT2D eigenvalue weighted by molar-refractivity contribution is 0.619. The fourth-order valence-corrected chi connectivity index (χ4v) is 2.59. The molecule has 4 nitrogen and oxygen atoms in total. The summed E-state index contributed by atoms with van der Waals surface area (Å²) in [7, 11) is 0. The van der Waals surface area contributed by atoms with Gasteiger partial charge in [-0.05, 0) is 60.5 Å². The SMILES string of the molecule is Cc1cc(-c2nc(N)ccc2-c2ccc(N)c(C=N)c2)ccc1F. The number of aromatic nitrogens is 1. The van der Waals surface area contributed by atoms with E-state index >= 15 is 0 Å². The van der Waals surface area contributed by atoms with Crippen LogP contribution in [0.2, 0.25) is 0 Å². The van der Waals surface area contributed by atoms with Gasteiger partial charge in [-0.1, -0.05) is 6.07 Å². The van der Waals surface area contributed by atoms with Crippen molar-refractivity contribution in [1.82, 2.24) is 4.98 Å². The first-order chi connectivity index (χ1) is 11.5. The highest BCUT2D eigenvalue weighted by Gasteiger charge is 2.12. The van der Waals surface area contributed by atoms with Crippen LogP contribution in [-0.2, 0) is 0 Å². The van der Waals surface area contributed by atoms with Gasteiger partial charge in [0.15, 0.2) is 0 Å². The first-order valence-electron chi connectivity index (χ1n) is 7.43. The number of aryl methyl sites for hydroxylation is 1. The Kier molecular flexibility index (Phi) is 4.00. The highest BCUT2D eigenvalue weighted by atomic mass is 19.1. The molecule has 1 aromatic heterocycles. The van der Waals surface area contributed by atoms with Crippen molar-refractivity contribution in [2.24, 2.45) is 0 Å². The van der Waals surface area contributed by atoms with Gasteiger partial charge in [-0.2, -0.15) is 0 Å². The third-order valence-electron chi connectivity index (χ3n) is 3.90. The van der Waals surface area contributed by atoms with E-state index in [1.54, 1.807) is 31.2 Å². The quantitative estimate of drug-likeness (QED) is 0.503. The van der Waals surface area contributed by atoms with Crippen LogP contribution in [0, 0.1) is 18.2 Å². The number of benzene rings is 2. The first-order valence-corrected chi connectivity index (χ1v) is 7.43. The molecular weight excluding hydrogens is 303 g/mol. The van der Waals surface area contributed by atoms with Gasteiger partial charge < -0.3 is 16.9 Å². The standard InChI is InChI=1S/C19H17FN4/c1-11-8-13(2-5-16(11)20)19-15(4-7-18(23)24-19)12-3-6-17(22)14(9-12)10-21/h2-10,21H,22H2,1H3,(H2,23,24). The zero-order valence-electron chi connectivity index (χ0n) is 13.2. The molecule has 0 fully saturated rings. The molecule has 0 amide bonds. The highest BCUT2D eigenvalue weighted by molar-refractivity contribution is 5.90. The van der Waals surface area contributed by atoms with Gasteiger partial charge >= 0.3 is 0 Å². The molecule has 120 valence electrons. The van der Waals surface area contributed by atoms with Crippen LogP contribution in [0.25, 0.3) is 22.4 Å². The van der Waals surface area contributed by atoms with Gasteiger partial charge in [0, 0.05) is 28.6 Å². The summed E-state index contributed by atoms with van der Waals surface area (Å²) < 4.78 is 13.6. The molecule has 5 N–H and O–H groups in total. The molecule has 5 heteroatoms. The molecule has 0 radical (unpaired) electrons. The van der Waals surface area contributed by atoms with Crippen molar-refractivity contribution in [2.45, 2.75) is 6.92 Å². The lowest BCUT2D eigenvalue weighted by atomic mass is 9.96. The van der Waals surface area contributed by atoms with E-state index < -0.39 is 0 Å². The van der Waals surface area contributed by atoms with Crippen molar-refractivity contribution in [3.05, 3.63) is 65.5 Å². The fraction of sp³-hybridized carbons (Fsp3) is 0.0526. The average Bonchev–Trinajstić information content (AvgIpc) is 2.58. The predicted molar refractivity (Wildman–Crippen MR) is 96.5 cm³/mol. The Hall–Kier alpha value is -3.21. The van der Waals surface area contributed by atoms with Crippen LogP contribution in [0.3, 0.4) is 0 Å². The van der Waals surface area contributed by atoms with Crippen LogP contribution in [0.5, 0.6) is 0 Å². The van der Waals surface area contributed by atoms with E-state index in [0.29, 0.717) is 28.3 Å². The number of halogens is 1. The van der Waals surface area contributed by atoms with Crippen LogP contribution in [0.15, 0.2) is 48.5 Å². The molecule has 3 rings (SSSR count). The normalized spacial score (nSPS) is 10.6. The van der Waals surface area contributed by atoms with Gasteiger partial charge in [0.05, 0.1) is 5.69 Å². The van der Waals surface area contributed by atoms with Crippen LogP contribution < -0.4 is 11.5 Å². The van der Waals surface area contributed by atoms with E-state index in [1.165, 1.54) is 12.3 Å². The summed E-state index contributed by atoms with van der Waals surface area (Å²) in [6.45, 7) is 1.71. The van der Waals surface area contributed by atoms with E-state index in [4.69, 9.17) is 16.9 Å². The van der Waals surface area contributed by atoms with Gasteiger partial charge in [0.1, 0.15) is 11.6 Å². The van der Waals surface area contributed by atoms with Gasteiger partial charge in [-0.3, -0.25) is 0 Å². The second-order valence-electron chi connectivity index (χ2n) is 5.58. The number of hydrogen-bond acceptors (Lipinski definition) is 4. The third kappa shape index (κ3) is 2.84. The Morgan fingerprint density at radius 2 is 1.75 bits per heavy atom. The molecule has 2 aromatic carbocycles. The molecule has 0 bridgehead atoms. The largest absolute Gasteiger partial charge is 0.398 e. The lowest BCUT2D eigenvalue weighted by Gasteiger charge is -2.12. The topological polar surface area (TPSA) is 88.8 Å². The average molecular weight is 320 g/mol. The van der Waals surface area contributed by atoms with Crippen LogP contribution in [-0.4, -0.2) is 11.2 Å². The summed E-state index contributed by atoms with van der Waals surface area (Å²) in [5, 5.41) is 7.46. The summed E-state index contributed by atoms with van der Waals surface area (Å²) >= 11 is 0. The predicted octanol–water partition coefficient (Wildman–Crippen LogP) is 4.03. The second kappa shape index (κ2) is 6.12. The van der Waals surface area contributed by atoms with Crippen LogP contribution >= 0.6 is 0 Å². The van der Waals surface area contributed by atoms with Crippen molar-refractivity contribution < 1.29 is 4.39 Å². The highest BCUT2D eigenvalue weighted by Crippen LogP contribution is 2.33. The maximum absolute atomic E-state index is 13.6. The molecule has 0 saturated carbocycles. The Bertz CT molecular complexity index is 935. The molecule has 0 saturated heterocycles. The first kappa shape index (κ1) is 15.7. The molecule has 1 heterocycles. The van der Waals surface area contributed by atoms with E-state index in [0.717, 1.165) is 16.7 Å². The third-order valence-corrected chi connectivity index (χ3v) is 3.90. The Balaban J connectivity index is 2.22. The molecule has 0 aliphatic carbocycles. The minimum atomic E-state index is -0.261. The fourth-order valence-electron chi connectivity index (χ4n) is 2.59. The number of hydrogen-bond donors (Lipinski definition) is 3. The maximum atomic E-state index is 13.6. The molecule has 24 heavy (non-hydrogen) atoms. The molecule has 0 aliphatic rings. The Morgan fingerprint density at radius 3 is 2.46 bits per heavy atom. The van der Waals surface area contributed by atoms with E-state index in [2.05, 4.69) is 4.98 Å². The summed E-state index contributed by atoms with van der Waals surface area (Å²) in [6, 6.07) is 13.9. The summed E-state index contributed by atoms with van der Waals surface area (Å²) in [6.07, 6.45) is 1.21. The van der Waals surface area contributed by atoms with Crippen molar-refractivity contribution in [1.29, 1.82) is 5.41 Å². The molecular formula is C19H17FN4. The number of nitrogens with one attached hydrogen (secondary N) is 1. The smallest absolute Gasteiger partial charge is 0.126 e. The molecule has 3 aromatic rings. The van der Waals surface area contributed by atoms with E-state index in [1.807, 2.05) is 18.2 Å². The zero-order chi connectivity index (χ0) is 17.3. The maximum Gasteiger partial charge on any atom is 0.126 e. The summed E-state index contributed by atoms with van der Waals surface area (Å²) in [5.41, 5.74) is 16.6. The summed E-state index contributed by atoms with van der Waals surface area (Å²) in [5.74, 6) is 0.126. The Morgan fingerprint density at radius 1 is 1.00 bits per heavy atom. The minimum Gasteiger partial charge on any atom is -0.398 e. The lowest BCUT2D eigenvalue weighted by Crippen LogP contribution is -1.98. The Labute approximate surface area is 139 Å². The minimum absolute atomic E-state index is 0.261. The number of nitrogen functional groups attached to an aromatic ring is 2. The number of anilines is 2. The van der Waals surface area contributed by atoms with Crippen molar-refractivity contribution in [3.8, 4) is 22.4 Å². The molecule has 0 aliphatic heterocycles. The van der Waals surface area contributed by atoms with Crippen molar-refractivity contribution in [3.63, 3.8) is 0 Å². The van der Waals surface area contributed by atoms with Gasteiger partial charge in [-0.25, -0.2) is 9.37 Å². The molecule has 0 atom stereocenters. The number of rotatable bonds is 3. The van der Waals surface area contributed by atoms with Gasteiger partial charge in [0.25, 0.3) is 0 Å². The zero-order valence-corrected chi connectivity index (χ0v) is 13.2.